The molecule has 7 nitrogen and oxygen atoms in total. The molecule has 0 unspecified atom stereocenters. The van der Waals surface area contributed by atoms with Crippen LogP contribution >= 0.6 is 31.9 Å². The summed E-state index contributed by atoms with van der Waals surface area (Å²) in [6.07, 6.45) is 0. The molecular weight excluding hydrogens is 520 g/mol. The number of hydrogen-bond donors (Lipinski definition) is 2. The maximum absolute atomic E-state index is 12.0. The normalized spacial score (nSPS) is 10.4. The molecule has 9 heteroatoms. The van der Waals surface area contributed by atoms with E-state index in [1.165, 1.54) is 0 Å². The van der Waals surface area contributed by atoms with Gasteiger partial charge in [0, 0.05) is 4.47 Å². The highest BCUT2D eigenvalue weighted by Gasteiger charge is 2.10. The maximum Gasteiger partial charge on any atom is 0.276 e. The van der Waals surface area contributed by atoms with Crippen LogP contribution in [-0.2, 0) is 9.59 Å². The molecule has 0 saturated carbocycles. The quantitative estimate of drug-likeness (QED) is 0.445. The number of hydrogen-bond acceptors (Lipinski definition) is 5. The molecule has 0 aliphatic carbocycles. The van der Waals surface area contributed by atoms with E-state index in [1.807, 2.05) is 24.3 Å². The molecule has 0 aliphatic heterocycles. The van der Waals surface area contributed by atoms with E-state index in [0.29, 0.717) is 17.2 Å². The molecule has 0 aliphatic rings. The average molecular weight is 538 g/mol. The SMILES string of the molecule is COc1ccc(OCC(=O)NNC(=O)COc2ccc3cc(Br)ccc3c2Br)cc1. The number of benzene rings is 3. The number of ether oxygens (including phenoxy) is 3. The summed E-state index contributed by atoms with van der Waals surface area (Å²) in [5, 5.41) is 1.98. The molecule has 3 rings (SSSR count). The number of methoxy groups -OCH3 is 1. The third-order valence-corrected chi connectivity index (χ3v) is 5.32. The van der Waals surface area contributed by atoms with Crippen LogP contribution in [0, 0.1) is 0 Å². The lowest BCUT2D eigenvalue weighted by Gasteiger charge is -2.12. The first kappa shape index (κ1) is 21.9. The van der Waals surface area contributed by atoms with E-state index in [-0.39, 0.29) is 13.2 Å². The van der Waals surface area contributed by atoms with Crippen LogP contribution in [0.4, 0.5) is 0 Å². The molecule has 0 heterocycles. The summed E-state index contributed by atoms with van der Waals surface area (Å²) in [6.45, 7) is -0.514. The first-order valence-electron chi connectivity index (χ1n) is 8.81. The van der Waals surface area contributed by atoms with E-state index >= 15 is 0 Å². The monoisotopic (exact) mass is 536 g/mol. The van der Waals surface area contributed by atoms with Gasteiger partial charge in [-0.3, -0.25) is 20.4 Å². The van der Waals surface area contributed by atoms with Crippen LogP contribution < -0.4 is 25.1 Å². The molecule has 0 aromatic heterocycles. The summed E-state index contributed by atoms with van der Waals surface area (Å²) in [4.78, 5) is 23.8. The number of fused-ring (bicyclic) bond motifs is 1. The number of carbonyl (C=O) groups excluding carboxylic acids is 2. The predicted octanol–water partition coefficient (Wildman–Crippen LogP) is 3.98. The highest BCUT2D eigenvalue weighted by atomic mass is 79.9. The van der Waals surface area contributed by atoms with Gasteiger partial charge in [-0.15, -0.1) is 0 Å². The van der Waals surface area contributed by atoms with Gasteiger partial charge in [0.05, 0.1) is 11.6 Å². The fourth-order valence-corrected chi connectivity index (χ4v) is 3.52. The Hall–Kier alpha value is -2.78. The number of hydrazine groups is 1. The van der Waals surface area contributed by atoms with Crippen molar-refractivity contribution in [3.8, 4) is 17.2 Å². The summed E-state index contributed by atoms with van der Waals surface area (Å²) >= 11 is 6.94. The van der Waals surface area contributed by atoms with Gasteiger partial charge >= 0.3 is 0 Å². The lowest BCUT2D eigenvalue weighted by atomic mass is 10.1. The smallest absolute Gasteiger partial charge is 0.276 e. The van der Waals surface area contributed by atoms with Gasteiger partial charge in [0.2, 0.25) is 0 Å². The fourth-order valence-electron chi connectivity index (χ4n) is 2.53. The lowest BCUT2D eigenvalue weighted by molar-refractivity contribution is -0.131. The summed E-state index contributed by atoms with van der Waals surface area (Å²) in [5.41, 5.74) is 4.56. The second-order valence-electron chi connectivity index (χ2n) is 6.09. The van der Waals surface area contributed by atoms with Crippen molar-refractivity contribution in [2.24, 2.45) is 0 Å². The molecule has 0 fully saturated rings. The van der Waals surface area contributed by atoms with Gasteiger partial charge in [-0.05, 0) is 69.2 Å². The molecule has 0 spiro atoms. The Bertz CT molecular complexity index is 1060. The van der Waals surface area contributed by atoms with Gasteiger partial charge in [0.15, 0.2) is 13.2 Å². The molecule has 3 aromatic carbocycles. The van der Waals surface area contributed by atoms with Gasteiger partial charge in [0.25, 0.3) is 11.8 Å². The minimum absolute atomic E-state index is 0.251. The van der Waals surface area contributed by atoms with E-state index in [4.69, 9.17) is 14.2 Å². The molecule has 30 heavy (non-hydrogen) atoms. The third kappa shape index (κ3) is 5.87. The molecular formula is C21H18Br2N2O5. The average Bonchev–Trinajstić information content (AvgIpc) is 2.76. The Morgan fingerprint density at radius 2 is 1.47 bits per heavy atom. The number of rotatable bonds is 7. The van der Waals surface area contributed by atoms with Gasteiger partial charge in [-0.25, -0.2) is 0 Å². The summed E-state index contributed by atoms with van der Waals surface area (Å²) in [5.74, 6) is 0.708. The van der Waals surface area contributed by atoms with Crippen molar-refractivity contribution in [1.82, 2.24) is 10.9 Å². The highest BCUT2D eigenvalue weighted by molar-refractivity contribution is 9.11. The van der Waals surface area contributed by atoms with E-state index in [2.05, 4.69) is 42.7 Å². The fraction of sp³-hybridized carbons (Fsp3) is 0.143. The van der Waals surface area contributed by atoms with Crippen LogP contribution in [0.3, 0.4) is 0 Å². The number of nitrogens with one attached hydrogen (secondary N) is 2. The topological polar surface area (TPSA) is 85.9 Å². The second kappa shape index (κ2) is 10.3. The molecule has 0 atom stereocenters. The zero-order chi connectivity index (χ0) is 21.5. The van der Waals surface area contributed by atoms with Crippen LogP contribution in [0.1, 0.15) is 0 Å². The maximum atomic E-state index is 12.0. The van der Waals surface area contributed by atoms with Crippen molar-refractivity contribution in [2.75, 3.05) is 20.3 Å². The van der Waals surface area contributed by atoms with Gasteiger partial charge < -0.3 is 14.2 Å². The summed E-state index contributed by atoms with van der Waals surface area (Å²) in [7, 11) is 1.56. The Morgan fingerprint density at radius 1 is 0.833 bits per heavy atom. The van der Waals surface area contributed by atoms with Crippen molar-refractivity contribution in [3.63, 3.8) is 0 Å². The number of carbonyl (C=O) groups is 2. The van der Waals surface area contributed by atoms with Crippen LogP contribution in [0.15, 0.2) is 63.5 Å². The van der Waals surface area contributed by atoms with Crippen LogP contribution in [0.2, 0.25) is 0 Å². The molecule has 2 amide bonds. The third-order valence-electron chi connectivity index (χ3n) is 4.01. The van der Waals surface area contributed by atoms with Crippen molar-refractivity contribution in [1.29, 1.82) is 0 Å². The van der Waals surface area contributed by atoms with Gasteiger partial charge in [0.1, 0.15) is 17.2 Å². The number of halogens is 2. The van der Waals surface area contributed by atoms with E-state index in [9.17, 15) is 9.59 Å². The summed E-state index contributed by atoms with van der Waals surface area (Å²) in [6, 6.07) is 16.3. The first-order valence-corrected chi connectivity index (χ1v) is 10.4. The van der Waals surface area contributed by atoms with Crippen LogP contribution in [0.5, 0.6) is 17.2 Å². The Kier molecular flexibility index (Phi) is 7.53. The Labute approximate surface area is 189 Å². The molecule has 0 radical (unpaired) electrons. The minimum atomic E-state index is -0.504. The highest BCUT2D eigenvalue weighted by Crippen LogP contribution is 2.34. The molecule has 2 N–H and O–H groups in total. The molecule has 0 saturated heterocycles. The molecule has 0 bridgehead atoms. The summed E-state index contributed by atoms with van der Waals surface area (Å²) < 4.78 is 17.7. The zero-order valence-corrected chi connectivity index (χ0v) is 19.1. The standard InChI is InChI=1S/C21H18Br2N2O5/c1-28-15-4-6-16(7-5-15)29-11-19(26)24-25-20(27)12-30-18-9-2-13-10-14(22)3-8-17(13)21(18)23/h2-10H,11-12H2,1H3,(H,24,26)(H,25,27). The lowest BCUT2D eigenvalue weighted by Crippen LogP contribution is -2.45. The predicted molar refractivity (Wildman–Crippen MR) is 120 cm³/mol. The Balaban J connectivity index is 1.44. The molecule has 156 valence electrons. The van der Waals surface area contributed by atoms with Gasteiger partial charge in [-0.1, -0.05) is 28.1 Å². The van der Waals surface area contributed by atoms with Crippen molar-refractivity contribution < 1.29 is 23.8 Å². The molecule has 3 aromatic rings. The van der Waals surface area contributed by atoms with Crippen LogP contribution in [-0.4, -0.2) is 32.1 Å². The minimum Gasteiger partial charge on any atom is -0.497 e. The van der Waals surface area contributed by atoms with Gasteiger partial charge in [-0.2, -0.15) is 0 Å². The van der Waals surface area contributed by atoms with Crippen LogP contribution in [0.25, 0.3) is 10.8 Å². The second-order valence-corrected chi connectivity index (χ2v) is 7.80. The van der Waals surface area contributed by atoms with Crippen molar-refractivity contribution in [3.05, 3.63) is 63.5 Å². The van der Waals surface area contributed by atoms with E-state index in [1.54, 1.807) is 37.4 Å². The van der Waals surface area contributed by atoms with Crippen molar-refractivity contribution in [2.45, 2.75) is 0 Å². The zero-order valence-electron chi connectivity index (χ0n) is 15.9. The largest absolute Gasteiger partial charge is 0.497 e. The first-order chi connectivity index (χ1) is 14.5. The van der Waals surface area contributed by atoms with E-state index < -0.39 is 11.8 Å². The Morgan fingerprint density at radius 3 is 2.13 bits per heavy atom. The van der Waals surface area contributed by atoms with Crippen molar-refractivity contribution >= 4 is 54.4 Å². The van der Waals surface area contributed by atoms with E-state index in [0.717, 1.165) is 19.7 Å². The number of amides is 2.